The highest BCUT2D eigenvalue weighted by Crippen LogP contribution is 2.22. The largest absolute Gasteiger partial charge is 0.460 e. The normalized spacial score (nSPS) is 11.4. The molecule has 0 aliphatic rings. The van der Waals surface area contributed by atoms with Crippen molar-refractivity contribution in [2.45, 2.75) is 39.2 Å². The first-order valence-corrected chi connectivity index (χ1v) is 6.19. The van der Waals surface area contributed by atoms with Crippen LogP contribution in [0.25, 0.3) is 0 Å². The molecular weight excluding hydrogens is 259 g/mol. The summed E-state index contributed by atoms with van der Waals surface area (Å²) in [6, 6.07) is 5.26. The standard InChI is InChI=1S/C13H16Cl2O2/c1-13(2,3)17-12(16)7-5-9-4-6-10(14)8-11(9)15/h4,6,8H,5,7H2,1-3H3. The predicted molar refractivity (Wildman–Crippen MR) is 70.6 cm³/mol. The Labute approximate surface area is 112 Å². The molecule has 0 heterocycles. The van der Waals surface area contributed by atoms with Crippen LogP contribution >= 0.6 is 23.2 Å². The quantitative estimate of drug-likeness (QED) is 0.770. The highest BCUT2D eigenvalue weighted by atomic mass is 35.5. The van der Waals surface area contributed by atoms with Crippen molar-refractivity contribution in [1.82, 2.24) is 0 Å². The Balaban J connectivity index is 2.53. The van der Waals surface area contributed by atoms with E-state index in [9.17, 15) is 4.79 Å². The molecular formula is C13H16Cl2O2. The van der Waals surface area contributed by atoms with Crippen LogP contribution in [0.3, 0.4) is 0 Å². The number of aryl methyl sites for hydroxylation is 1. The first-order valence-electron chi connectivity index (χ1n) is 5.44. The molecule has 1 aromatic carbocycles. The highest BCUT2D eigenvalue weighted by Gasteiger charge is 2.16. The van der Waals surface area contributed by atoms with Gasteiger partial charge in [-0.2, -0.15) is 0 Å². The molecule has 0 spiro atoms. The zero-order valence-electron chi connectivity index (χ0n) is 10.2. The van der Waals surface area contributed by atoms with Crippen LogP contribution in [0, 0.1) is 0 Å². The minimum Gasteiger partial charge on any atom is -0.460 e. The maximum atomic E-state index is 11.5. The van der Waals surface area contributed by atoms with Gasteiger partial charge in [-0.1, -0.05) is 29.3 Å². The number of ether oxygens (including phenoxy) is 1. The van der Waals surface area contributed by atoms with Gasteiger partial charge in [-0.05, 0) is 44.9 Å². The van der Waals surface area contributed by atoms with Crippen molar-refractivity contribution in [2.75, 3.05) is 0 Å². The Kier molecular flexibility index (Phi) is 4.84. The van der Waals surface area contributed by atoms with Gasteiger partial charge in [-0.3, -0.25) is 4.79 Å². The van der Waals surface area contributed by atoms with Crippen molar-refractivity contribution in [2.24, 2.45) is 0 Å². The van der Waals surface area contributed by atoms with Gasteiger partial charge >= 0.3 is 5.97 Å². The first kappa shape index (κ1) is 14.3. The van der Waals surface area contributed by atoms with Gasteiger partial charge in [0, 0.05) is 16.5 Å². The molecule has 0 fully saturated rings. The molecule has 0 radical (unpaired) electrons. The van der Waals surface area contributed by atoms with E-state index in [0.717, 1.165) is 5.56 Å². The number of carbonyl (C=O) groups is 1. The minimum absolute atomic E-state index is 0.219. The van der Waals surface area contributed by atoms with E-state index in [1.54, 1.807) is 12.1 Å². The Morgan fingerprint density at radius 3 is 2.47 bits per heavy atom. The zero-order valence-corrected chi connectivity index (χ0v) is 11.7. The number of hydrogen-bond donors (Lipinski definition) is 0. The Morgan fingerprint density at radius 1 is 1.29 bits per heavy atom. The maximum Gasteiger partial charge on any atom is 0.306 e. The number of halogens is 2. The Hall–Kier alpha value is -0.730. The summed E-state index contributed by atoms with van der Waals surface area (Å²) >= 11 is 11.8. The highest BCUT2D eigenvalue weighted by molar-refractivity contribution is 6.35. The van der Waals surface area contributed by atoms with E-state index in [4.69, 9.17) is 27.9 Å². The monoisotopic (exact) mass is 274 g/mol. The maximum absolute atomic E-state index is 11.5. The molecule has 94 valence electrons. The van der Waals surface area contributed by atoms with E-state index in [1.165, 1.54) is 0 Å². The van der Waals surface area contributed by atoms with E-state index < -0.39 is 5.60 Å². The minimum atomic E-state index is -0.444. The molecule has 1 rings (SSSR count). The van der Waals surface area contributed by atoms with Crippen molar-refractivity contribution in [1.29, 1.82) is 0 Å². The third-order valence-corrected chi connectivity index (χ3v) is 2.62. The third kappa shape index (κ3) is 5.42. The number of esters is 1. The fourth-order valence-corrected chi connectivity index (χ4v) is 1.86. The average Bonchev–Trinajstić information content (AvgIpc) is 2.13. The van der Waals surface area contributed by atoms with Gasteiger partial charge in [0.25, 0.3) is 0 Å². The lowest BCUT2D eigenvalue weighted by Gasteiger charge is -2.19. The van der Waals surface area contributed by atoms with E-state index >= 15 is 0 Å². The van der Waals surface area contributed by atoms with Gasteiger partial charge in [-0.25, -0.2) is 0 Å². The fourth-order valence-electron chi connectivity index (χ4n) is 1.35. The first-order chi connectivity index (χ1) is 7.78. The lowest BCUT2D eigenvalue weighted by Crippen LogP contribution is -2.24. The van der Waals surface area contributed by atoms with Gasteiger partial charge in [0.15, 0.2) is 0 Å². The molecule has 0 saturated carbocycles. The van der Waals surface area contributed by atoms with E-state index in [-0.39, 0.29) is 5.97 Å². The van der Waals surface area contributed by atoms with Crippen LogP contribution in [0.4, 0.5) is 0 Å². The zero-order chi connectivity index (χ0) is 13.1. The molecule has 1 aromatic rings. The SMILES string of the molecule is CC(C)(C)OC(=O)CCc1ccc(Cl)cc1Cl. The van der Waals surface area contributed by atoms with Crippen molar-refractivity contribution >= 4 is 29.2 Å². The van der Waals surface area contributed by atoms with Crippen molar-refractivity contribution in [3.8, 4) is 0 Å². The topological polar surface area (TPSA) is 26.3 Å². The molecule has 4 heteroatoms. The summed E-state index contributed by atoms with van der Waals surface area (Å²) in [5, 5.41) is 1.18. The molecule has 0 aliphatic carbocycles. The summed E-state index contributed by atoms with van der Waals surface area (Å²) in [7, 11) is 0. The van der Waals surface area contributed by atoms with Crippen LogP contribution in [-0.2, 0) is 16.0 Å². The van der Waals surface area contributed by atoms with Crippen LogP contribution in [-0.4, -0.2) is 11.6 Å². The number of rotatable bonds is 3. The van der Waals surface area contributed by atoms with E-state index in [0.29, 0.717) is 22.9 Å². The van der Waals surface area contributed by atoms with Gasteiger partial charge in [0.05, 0.1) is 0 Å². The lowest BCUT2D eigenvalue weighted by molar-refractivity contribution is -0.154. The van der Waals surface area contributed by atoms with Crippen molar-refractivity contribution in [3.63, 3.8) is 0 Å². The summed E-state index contributed by atoms with van der Waals surface area (Å²) in [6.07, 6.45) is 0.879. The second-order valence-electron chi connectivity index (χ2n) is 4.82. The van der Waals surface area contributed by atoms with Crippen LogP contribution < -0.4 is 0 Å². The molecule has 0 saturated heterocycles. The molecule has 17 heavy (non-hydrogen) atoms. The molecule has 0 aliphatic heterocycles. The van der Waals surface area contributed by atoms with Gasteiger partial charge in [0.1, 0.15) is 5.60 Å². The van der Waals surface area contributed by atoms with Crippen LogP contribution in [0.2, 0.25) is 10.0 Å². The summed E-state index contributed by atoms with van der Waals surface area (Å²) < 4.78 is 5.21. The fraction of sp³-hybridized carbons (Fsp3) is 0.462. The molecule has 0 N–H and O–H groups in total. The van der Waals surface area contributed by atoms with Crippen LogP contribution in [0.1, 0.15) is 32.8 Å². The van der Waals surface area contributed by atoms with Crippen molar-refractivity contribution in [3.05, 3.63) is 33.8 Å². The number of benzene rings is 1. The summed E-state index contributed by atoms with van der Waals surface area (Å²) in [4.78, 5) is 11.5. The van der Waals surface area contributed by atoms with Gasteiger partial charge in [-0.15, -0.1) is 0 Å². The second kappa shape index (κ2) is 5.74. The summed E-state index contributed by atoms with van der Waals surface area (Å²) in [5.74, 6) is -0.219. The molecule has 0 unspecified atom stereocenters. The Morgan fingerprint density at radius 2 is 1.94 bits per heavy atom. The molecule has 0 atom stereocenters. The van der Waals surface area contributed by atoms with E-state index in [2.05, 4.69) is 0 Å². The third-order valence-electron chi connectivity index (χ3n) is 2.03. The van der Waals surface area contributed by atoms with E-state index in [1.807, 2.05) is 26.8 Å². The molecule has 0 bridgehead atoms. The number of hydrogen-bond acceptors (Lipinski definition) is 2. The summed E-state index contributed by atoms with van der Waals surface area (Å²) in [6.45, 7) is 5.54. The van der Waals surface area contributed by atoms with Gasteiger partial charge < -0.3 is 4.74 Å². The summed E-state index contributed by atoms with van der Waals surface area (Å²) in [5.41, 5.74) is 0.461. The predicted octanol–water partition coefficient (Wildman–Crippen LogP) is 4.27. The average molecular weight is 275 g/mol. The van der Waals surface area contributed by atoms with Gasteiger partial charge in [0.2, 0.25) is 0 Å². The molecule has 0 amide bonds. The lowest BCUT2D eigenvalue weighted by atomic mass is 10.1. The molecule has 2 nitrogen and oxygen atoms in total. The Bertz CT molecular complexity index is 408. The van der Waals surface area contributed by atoms with Crippen molar-refractivity contribution < 1.29 is 9.53 Å². The van der Waals surface area contributed by atoms with Crippen LogP contribution in [0.15, 0.2) is 18.2 Å². The van der Waals surface area contributed by atoms with Crippen LogP contribution in [0.5, 0.6) is 0 Å². The molecule has 0 aromatic heterocycles. The number of carbonyl (C=O) groups excluding carboxylic acids is 1. The smallest absolute Gasteiger partial charge is 0.306 e. The second-order valence-corrected chi connectivity index (χ2v) is 5.67.